The lowest BCUT2D eigenvalue weighted by atomic mass is 10.1. The Morgan fingerprint density at radius 2 is 2.64 bits per heavy atom. The molecule has 0 saturated heterocycles. The van der Waals surface area contributed by atoms with Crippen LogP contribution in [0.5, 0.6) is 0 Å². The zero-order valence-corrected chi connectivity index (χ0v) is 6.50. The van der Waals surface area contributed by atoms with Crippen molar-refractivity contribution in [1.82, 2.24) is 5.32 Å². The first-order valence-corrected chi connectivity index (χ1v) is 3.70. The Labute approximate surface area is 65.3 Å². The number of aliphatic carboxylic acids is 1. The van der Waals surface area contributed by atoms with Crippen molar-refractivity contribution in [2.75, 3.05) is 13.1 Å². The van der Waals surface area contributed by atoms with Crippen molar-refractivity contribution in [1.29, 1.82) is 0 Å². The molecule has 0 spiro atoms. The second kappa shape index (κ2) is 3.37. The van der Waals surface area contributed by atoms with Crippen LogP contribution in [0.25, 0.3) is 0 Å². The van der Waals surface area contributed by atoms with Gasteiger partial charge in [0.05, 0.1) is 18.3 Å². The number of rotatable bonds is 3. The molecule has 1 aliphatic heterocycles. The summed E-state index contributed by atoms with van der Waals surface area (Å²) in [5, 5.41) is 11.6. The standard InChI is InChI=1S/C7H12N2O2/c1-5(7(10)11)4-6-8-2-3-9-6/h5H,2-4H2,1H3,(H,8,9)(H,10,11). The molecule has 2 N–H and O–H groups in total. The fourth-order valence-corrected chi connectivity index (χ4v) is 0.961. The largest absolute Gasteiger partial charge is 0.481 e. The summed E-state index contributed by atoms with van der Waals surface area (Å²) in [6.45, 7) is 3.31. The molecule has 0 radical (unpaired) electrons. The number of amidine groups is 1. The van der Waals surface area contributed by atoms with Crippen LogP contribution in [0.15, 0.2) is 4.99 Å². The van der Waals surface area contributed by atoms with Crippen LogP contribution < -0.4 is 5.32 Å². The minimum Gasteiger partial charge on any atom is -0.481 e. The van der Waals surface area contributed by atoms with Crippen molar-refractivity contribution in [2.45, 2.75) is 13.3 Å². The van der Waals surface area contributed by atoms with Crippen molar-refractivity contribution >= 4 is 11.8 Å². The first kappa shape index (κ1) is 8.04. The third-order valence-corrected chi connectivity index (χ3v) is 1.66. The average molecular weight is 156 g/mol. The van der Waals surface area contributed by atoms with Crippen molar-refractivity contribution in [3.63, 3.8) is 0 Å². The van der Waals surface area contributed by atoms with E-state index in [-0.39, 0.29) is 5.92 Å². The third kappa shape index (κ3) is 2.22. The van der Waals surface area contributed by atoms with E-state index in [0.717, 1.165) is 18.9 Å². The maximum absolute atomic E-state index is 10.4. The summed E-state index contributed by atoms with van der Waals surface area (Å²) >= 11 is 0. The summed E-state index contributed by atoms with van der Waals surface area (Å²) in [5.41, 5.74) is 0. The van der Waals surface area contributed by atoms with Gasteiger partial charge < -0.3 is 10.4 Å². The predicted molar refractivity (Wildman–Crippen MR) is 41.7 cm³/mol. The van der Waals surface area contributed by atoms with Crippen LogP contribution in [0.1, 0.15) is 13.3 Å². The topological polar surface area (TPSA) is 61.7 Å². The molecule has 0 fully saturated rings. The molecule has 0 aromatic carbocycles. The Morgan fingerprint density at radius 3 is 3.09 bits per heavy atom. The van der Waals surface area contributed by atoms with Crippen LogP contribution >= 0.6 is 0 Å². The highest BCUT2D eigenvalue weighted by molar-refractivity contribution is 5.87. The molecular formula is C7H12N2O2. The highest BCUT2D eigenvalue weighted by Gasteiger charge is 2.15. The van der Waals surface area contributed by atoms with Crippen LogP contribution in [-0.2, 0) is 4.79 Å². The van der Waals surface area contributed by atoms with Gasteiger partial charge in [0, 0.05) is 13.0 Å². The fraction of sp³-hybridized carbons (Fsp3) is 0.714. The van der Waals surface area contributed by atoms with E-state index in [4.69, 9.17) is 5.11 Å². The summed E-state index contributed by atoms with van der Waals surface area (Å²) in [4.78, 5) is 14.5. The fourth-order valence-electron chi connectivity index (χ4n) is 0.961. The lowest BCUT2D eigenvalue weighted by Gasteiger charge is -2.05. The van der Waals surface area contributed by atoms with Gasteiger partial charge in [0.25, 0.3) is 0 Å². The van der Waals surface area contributed by atoms with E-state index in [2.05, 4.69) is 10.3 Å². The lowest BCUT2D eigenvalue weighted by molar-refractivity contribution is -0.140. The van der Waals surface area contributed by atoms with Crippen molar-refractivity contribution in [3.8, 4) is 0 Å². The predicted octanol–water partition coefficient (Wildman–Crippen LogP) is 0.0989. The first-order chi connectivity index (χ1) is 5.20. The van der Waals surface area contributed by atoms with Gasteiger partial charge in [-0.15, -0.1) is 0 Å². The van der Waals surface area contributed by atoms with Crippen LogP contribution in [-0.4, -0.2) is 30.0 Å². The number of hydrogen-bond donors (Lipinski definition) is 2. The Balaban J connectivity index is 2.35. The Kier molecular flexibility index (Phi) is 2.46. The molecule has 0 aliphatic carbocycles. The second-order valence-corrected chi connectivity index (χ2v) is 2.70. The molecule has 1 atom stereocenters. The number of carbonyl (C=O) groups is 1. The summed E-state index contributed by atoms with van der Waals surface area (Å²) < 4.78 is 0. The minimum absolute atomic E-state index is 0.334. The molecule has 4 nitrogen and oxygen atoms in total. The van der Waals surface area contributed by atoms with Crippen LogP contribution in [0, 0.1) is 5.92 Å². The van der Waals surface area contributed by atoms with Gasteiger partial charge >= 0.3 is 5.97 Å². The Bertz CT molecular complexity index is 189. The maximum atomic E-state index is 10.4. The Morgan fingerprint density at radius 1 is 1.91 bits per heavy atom. The van der Waals surface area contributed by atoms with Gasteiger partial charge in [-0.25, -0.2) is 0 Å². The molecule has 0 bridgehead atoms. The van der Waals surface area contributed by atoms with E-state index in [1.807, 2.05) is 0 Å². The quantitative estimate of drug-likeness (QED) is 0.609. The van der Waals surface area contributed by atoms with E-state index >= 15 is 0 Å². The number of hydrogen-bond acceptors (Lipinski definition) is 3. The molecule has 1 rings (SSSR count). The number of aliphatic imine (C=N–C) groups is 1. The summed E-state index contributed by atoms with van der Waals surface area (Å²) in [5.74, 6) is -0.263. The first-order valence-electron chi connectivity index (χ1n) is 3.70. The van der Waals surface area contributed by atoms with Crippen LogP contribution in [0.3, 0.4) is 0 Å². The lowest BCUT2D eigenvalue weighted by Crippen LogP contribution is -2.23. The van der Waals surface area contributed by atoms with Gasteiger partial charge in [-0.2, -0.15) is 0 Å². The van der Waals surface area contributed by atoms with Gasteiger partial charge in [-0.05, 0) is 0 Å². The highest BCUT2D eigenvalue weighted by atomic mass is 16.4. The number of carboxylic acids is 1. The Hall–Kier alpha value is -1.06. The average Bonchev–Trinajstić information content (AvgIpc) is 2.39. The minimum atomic E-state index is -0.763. The smallest absolute Gasteiger partial charge is 0.306 e. The number of nitrogens with one attached hydrogen (secondary N) is 1. The zero-order chi connectivity index (χ0) is 8.27. The van der Waals surface area contributed by atoms with Gasteiger partial charge in [-0.1, -0.05) is 6.92 Å². The molecule has 4 heteroatoms. The normalized spacial score (nSPS) is 18.8. The molecule has 1 unspecified atom stereocenters. The summed E-state index contributed by atoms with van der Waals surface area (Å²) in [7, 11) is 0. The van der Waals surface area contributed by atoms with E-state index in [1.165, 1.54) is 0 Å². The maximum Gasteiger partial charge on any atom is 0.306 e. The van der Waals surface area contributed by atoms with E-state index in [0.29, 0.717) is 6.42 Å². The van der Waals surface area contributed by atoms with Crippen LogP contribution in [0.4, 0.5) is 0 Å². The van der Waals surface area contributed by atoms with Crippen LogP contribution in [0.2, 0.25) is 0 Å². The summed E-state index contributed by atoms with van der Waals surface area (Å²) in [6, 6.07) is 0. The van der Waals surface area contributed by atoms with E-state index in [1.54, 1.807) is 6.92 Å². The van der Waals surface area contributed by atoms with E-state index < -0.39 is 5.97 Å². The van der Waals surface area contributed by atoms with E-state index in [9.17, 15) is 4.79 Å². The molecule has 1 heterocycles. The van der Waals surface area contributed by atoms with Gasteiger partial charge in [0.2, 0.25) is 0 Å². The molecule has 62 valence electrons. The number of carboxylic acid groups (broad SMARTS) is 1. The van der Waals surface area contributed by atoms with Crippen molar-refractivity contribution in [2.24, 2.45) is 10.9 Å². The second-order valence-electron chi connectivity index (χ2n) is 2.70. The third-order valence-electron chi connectivity index (χ3n) is 1.66. The summed E-state index contributed by atoms with van der Waals surface area (Å²) in [6.07, 6.45) is 0.523. The highest BCUT2D eigenvalue weighted by Crippen LogP contribution is 2.03. The monoisotopic (exact) mass is 156 g/mol. The molecule has 1 aliphatic rings. The molecule has 0 amide bonds. The van der Waals surface area contributed by atoms with Crippen molar-refractivity contribution < 1.29 is 9.90 Å². The molecule has 0 aromatic rings. The SMILES string of the molecule is CC(CC1=NCCN1)C(=O)O. The number of nitrogens with zero attached hydrogens (tertiary/aromatic N) is 1. The molecule has 0 aromatic heterocycles. The zero-order valence-electron chi connectivity index (χ0n) is 6.50. The molecular weight excluding hydrogens is 144 g/mol. The van der Waals surface area contributed by atoms with Crippen molar-refractivity contribution in [3.05, 3.63) is 0 Å². The molecule has 11 heavy (non-hydrogen) atoms. The molecule has 0 saturated carbocycles. The van der Waals surface area contributed by atoms with Gasteiger partial charge in [0.1, 0.15) is 0 Å². The van der Waals surface area contributed by atoms with Gasteiger partial charge in [-0.3, -0.25) is 9.79 Å². The van der Waals surface area contributed by atoms with Gasteiger partial charge in [0.15, 0.2) is 0 Å².